The largest absolute Gasteiger partial charge is 0.508 e. The summed E-state index contributed by atoms with van der Waals surface area (Å²) in [4.78, 5) is 0. The van der Waals surface area contributed by atoms with Gasteiger partial charge in [-0.2, -0.15) is 11.8 Å². The summed E-state index contributed by atoms with van der Waals surface area (Å²) in [5, 5.41) is 9.63. The smallest absolute Gasteiger partial charge is 0.119 e. The Morgan fingerprint density at radius 3 is 2.79 bits per heavy atom. The highest BCUT2D eigenvalue weighted by Crippen LogP contribution is 2.23. The van der Waals surface area contributed by atoms with Crippen LogP contribution in [0, 0.1) is 6.92 Å². The average Bonchev–Trinajstić information content (AvgIpc) is 2.15. The fourth-order valence-electron chi connectivity index (χ4n) is 1.22. The summed E-state index contributed by atoms with van der Waals surface area (Å²) in [5.74, 6) is 2.55. The van der Waals surface area contributed by atoms with E-state index in [2.05, 4.69) is 13.0 Å². The zero-order chi connectivity index (χ0) is 10.4. The van der Waals surface area contributed by atoms with Crippen molar-refractivity contribution in [3.8, 4) is 5.75 Å². The van der Waals surface area contributed by atoms with Crippen LogP contribution in [-0.4, -0.2) is 10.9 Å². The lowest BCUT2D eigenvalue weighted by Crippen LogP contribution is -1.85. The van der Waals surface area contributed by atoms with Crippen LogP contribution in [-0.2, 0) is 5.75 Å². The van der Waals surface area contributed by atoms with Crippen molar-refractivity contribution in [2.45, 2.75) is 32.4 Å². The molecule has 0 heterocycles. The Hall–Kier alpha value is -0.630. The van der Waals surface area contributed by atoms with Crippen molar-refractivity contribution >= 4 is 11.8 Å². The number of hydrogen-bond acceptors (Lipinski definition) is 2. The van der Waals surface area contributed by atoms with Gasteiger partial charge in [0.25, 0.3) is 0 Å². The molecule has 0 aliphatic carbocycles. The molecule has 2 heteroatoms. The number of aryl methyl sites for hydroxylation is 1. The van der Waals surface area contributed by atoms with Gasteiger partial charge in [0, 0.05) is 11.3 Å². The lowest BCUT2D eigenvalue weighted by atomic mass is 10.1. The number of benzene rings is 1. The van der Waals surface area contributed by atoms with Crippen LogP contribution in [0.3, 0.4) is 0 Å². The number of phenols is 1. The molecule has 14 heavy (non-hydrogen) atoms. The van der Waals surface area contributed by atoms with E-state index in [0.29, 0.717) is 5.75 Å². The first kappa shape index (κ1) is 11.4. The van der Waals surface area contributed by atoms with Crippen LogP contribution in [0.2, 0.25) is 0 Å². The minimum atomic E-state index is 0.439. The van der Waals surface area contributed by atoms with Crippen molar-refractivity contribution in [1.29, 1.82) is 0 Å². The summed E-state index contributed by atoms with van der Waals surface area (Å²) in [7, 11) is 0. The van der Waals surface area contributed by atoms with E-state index >= 15 is 0 Å². The van der Waals surface area contributed by atoms with Crippen molar-refractivity contribution in [3.05, 3.63) is 29.3 Å². The molecule has 0 aliphatic rings. The molecule has 0 bridgehead atoms. The fraction of sp³-hybridized carbons (Fsp3) is 0.500. The van der Waals surface area contributed by atoms with E-state index in [1.165, 1.54) is 18.6 Å². The molecule has 0 saturated heterocycles. The minimum Gasteiger partial charge on any atom is -0.508 e. The molecule has 0 unspecified atom stereocenters. The molecule has 0 radical (unpaired) electrons. The summed E-state index contributed by atoms with van der Waals surface area (Å²) in [6, 6.07) is 5.90. The van der Waals surface area contributed by atoms with E-state index in [-0.39, 0.29) is 0 Å². The number of thioether (sulfide) groups is 1. The van der Waals surface area contributed by atoms with E-state index in [1.54, 1.807) is 0 Å². The van der Waals surface area contributed by atoms with Gasteiger partial charge < -0.3 is 5.11 Å². The summed E-state index contributed by atoms with van der Waals surface area (Å²) >= 11 is 1.89. The van der Waals surface area contributed by atoms with Gasteiger partial charge in [-0.1, -0.05) is 25.5 Å². The highest BCUT2D eigenvalue weighted by Gasteiger charge is 2.00. The highest BCUT2D eigenvalue weighted by atomic mass is 32.2. The third-order valence-corrected chi connectivity index (χ3v) is 3.23. The van der Waals surface area contributed by atoms with Crippen molar-refractivity contribution in [2.24, 2.45) is 0 Å². The molecular weight excluding hydrogens is 192 g/mol. The number of rotatable bonds is 5. The highest BCUT2D eigenvalue weighted by molar-refractivity contribution is 7.98. The van der Waals surface area contributed by atoms with Crippen molar-refractivity contribution in [1.82, 2.24) is 0 Å². The zero-order valence-corrected chi connectivity index (χ0v) is 9.73. The number of aromatic hydroxyl groups is 1. The molecule has 1 N–H and O–H groups in total. The van der Waals surface area contributed by atoms with Crippen LogP contribution in [0.15, 0.2) is 18.2 Å². The molecule has 0 saturated carbocycles. The van der Waals surface area contributed by atoms with Gasteiger partial charge in [-0.15, -0.1) is 0 Å². The zero-order valence-electron chi connectivity index (χ0n) is 8.92. The normalized spacial score (nSPS) is 10.4. The molecule has 0 fully saturated rings. The fourth-order valence-corrected chi connectivity index (χ4v) is 2.33. The number of hydrogen-bond donors (Lipinski definition) is 1. The van der Waals surface area contributed by atoms with E-state index < -0.39 is 0 Å². The Balaban J connectivity index is 2.42. The van der Waals surface area contributed by atoms with Crippen LogP contribution < -0.4 is 0 Å². The van der Waals surface area contributed by atoms with Gasteiger partial charge in [-0.3, -0.25) is 0 Å². The Morgan fingerprint density at radius 2 is 2.14 bits per heavy atom. The van der Waals surface area contributed by atoms with Crippen LogP contribution >= 0.6 is 11.8 Å². The first-order chi connectivity index (χ1) is 6.74. The van der Waals surface area contributed by atoms with Crippen molar-refractivity contribution < 1.29 is 5.11 Å². The van der Waals surface area contributed by atoms with Crippen molar-refractivity contribution in [3.63, 3.8) is 0 Å². The Labute approximate surface area is 90.5 Å². The molecule has 0 atom stereocenters. The van der Waals surface area contributed by atoms with Crippen LogP contribution in [0.5, 0.6) is 5.75 Å². The third-order valence-electron chi connectivity index (χ3n) is 2.14. The van der Waals surface area contributed by atoms with Crippen molar-refractivity contribution in [2.75, 3.05) is 5.75 Å². The molecule has 0 amide bonds. The minimum absolute atomic E-state index is 0.439. The molecule has 78 valence electrons. The van der Waals surface area contributed by atoms with Gasteiger partial charge >= 0.3 is 0 Å². The summed E-state index contributed by atoms with van der Waals surface area (Å²) < 4.78 is 0. The first-order valence-corrected chi connectivity index (χ1v) is 6.25. The quantitative estimate of drug-likeness (QED) is 0.747. The topological polar surface area (TPSA) is 20.2 Å². The second-order valence-corrected chi connectivity index (χ2v) is 4.64. The van der Waals surface area contributed by atoms with Gasteiger partial charge in [0.15, 0.2) is 0 Å². The average molecular weight is 210 g/mol. The molecular formula is C12H18OS. The van der Waals surface area contributed by atoms with E-state index in [0.717, 1.165) is 16.9 Å². The summed E-state index contributed by atoms with van der Waals surface area (Å²) in [6.07, 6.45) is 2.50. The summed E-state index contributed by atoms with van der Waals surface area (Å²) in [5.41, 5.74) is 2.17. The maximum Gasteiger partial charge on any atom is 0.119 e. The van der Waals surface area contributed by atoms with Crippen LogP contribution in [0.25, 0.3) is 0 Å². The Morgan fingerprint density at radius 1 is 1.36 bits per heavy atom. The monoisotopic (exact) mass is 210 g/mol. The van der Waals surface area contributed by atoms with Gasteiger partial charge in [-0.25, -0.2) is 0 Å². The molecule has 1 rings (SSSR count). The maximum atomic E-state index is 9.63. The predicted molar refractivity (Wildman–Crippen MR) is 63.9 cm³/mol. The van der Waals surface area contributed by atoms with E-state index in [4.69, 9.17) is 0 Å². The van der Waals surface area contributed by atoms with Gasteiger partial charge in [0.2, 0.25) is 0 Å². The molecule has 1 aromatic carbocycles. The lowest BCUT2D eigenvalue weighted by Gasteiger charge is -2.04. The second kappa shape index (κ2) is 5.97. The van der Waals surface area contributed by atoms with Crippen LogP contribution in [0.4, 0.5) is 0 Å². The number of phenolic OH excluding ortho intramolecular Hbond substituents is 1. The molecule has 0 aliphatic heterocycles. The third kappa shape index (κ3) is 3.62. The van der Waals surface area contributed by atoms with Gasteiger partial charge in [0.1, 0.15) is 5.75 Å². The summed E-state index contributed by atoms with van der Waals surface area (Å²) in [6.45, 7) is 4.19. The molecule has 0 spiro atoms. The second-order valence-electron chi connectivity index (χ2n) is 3.54. The number of unbranched alkanes of at least 4 members (excludes halogenated alkanes) is 1. The predicted octanol–water partition coefficient (Wildman–Crippen LogP) is 3.73. The van der Waals surface area contributed by atoms with E-state index in [9.17, 15) is 5.11 Å². The van der Waals surface area contributed by atoms with Gasteiger partial charge in [0.05, 0.1) is 0 Å². The Bertz CT molecular complexity index is 284. The Kier molecular flexibility index (Phi) is 4.88. The molecule has 0 aromatic heterocycles. The SMILES string of the molecule is CCCCSCc1ccc(C)cc1O. The van der Waals surface area contributed by atoms with E-state index in [1.807, 2.05) is 30.8 Å². The molecule has 1 nitrogen and oxygen atoms in total. The maximum absolute atomic E-state index is 9.63. The standard InChI is InChI=1S/C12H18OS/c1-3-4-7-14-9-11-6-5-10(2)8-12(11)13/h5-6,8,13H,3-4,7,9H2,1-2H3. The van der Waals surface area contributed by atoms with Gasteiger partial charge in [-0.05, 0) is 30.7 Å². The lowest BCUT2D eigenvalue weighted by molar-refractivity contribution is 0.470. The molecule has 1 aromatic rings. The van der Waals surface area contributed by atoms with Crippen LogP contribution in [0.1, 0.15) is 30.9 Å². The first-order valence-electron chi connectivity index (χ1n) is 5.10.